The summed E-state index contributed by atoms with van der Waals surface area (Å²) in [5.41, 5.74) is 0.413. The van der Waals surface area contributed by atoms with Crippen molar-refractivity contribution < 1.29 is 0 Å². The molecule has 0 aliphatic carbocycles. The lowest BCUT2D eigenvalue weighted by molar-refractivity contribution is 0.377. The van der Waals surface area contributed by atoms with Gasteiger partial charge in [-0.25, -0.2) is 0 Å². The van der Waals surface area contributed by atoms with E-state index in [9.17, 15) is 0 Å². The van der Waals surface area contributed by atoms with Crippen molar-refractivity contribution in [1.82, 2.24) is 10.6 Å². The Morgan fingerprint density at radius 3 is 1.93 bits per heavy atom. The Balaban J connectivity index is 3.06. The van der Waals surface area contributed by atoms with Crippen molar-refractivity contribution in [3.8, 4) is 0 Å². The highest BCUT2D eigenvalue weighted by atomic mass is 14.9. The zero-order chi connectivity index (χ0) is 11.7. The molecule has 15 heavy (non-hydrogen) atoms. The Morgan fingerprint density at radius 1 is 0.933 bits per heavy atom. The van der Waals surface area contributed by atoms with Crippen molar-refractivity contribution in [1.29, 1.82) is 0 Å². The molecule has 0 saturated carbocycles. The van der Waals surface area contributed by atoms with E-state index in [1.807, 2.05) is 0 Å². The van der Waals surface area contributed by atoms with Gasteiger partial charge < -0.3 is 10.6 Å². The molecule has 0 aromatic heterocycles. The summed E-state index contributed by atoms with van der Waals surface area (Å²) in [7, 11) is 0. The molecule has 0 saturated heterocycles. The molecule has 92 valence electrons. The second-order valence-corrected chi connectivity index (χ2v) is 6.04. The van der Waals surface area contributed by atoms with E-state index in [1.165, 1.54) is 12.8 Å². The predicted molar refractivity (Wildman–Crippen MR) is 69.3 cm³/mol. The number of nitrogens with one attached hydrogen (secondary N) is 2. The third-order valence-electron chi connectivity index (χ3n) is 2.17. The van der Waals surface area contributed by atoms with Crippen LogP contribution in [-0.4, -0.2) is 26.2 Å². The van der Waals surface area contributed by atoms with E-state index in [1.54, 1.807) is 0 Å². The maximum Gasteiger partial charge on any atom is -0.0000125 e. The van der Waals surface area contributed by atoms with E-state index < -0.39 is 0 Å². The average Bonchev–Trinajstić information content (AvgIpc) is 2.07. The summed E-state index contributed by atoms with van der Waals surface area (Å²) in [6.07, 6.45) is 2.56. The Kier molecular flexibility index (Phi) is 8.07. The summed E-state index contributed by atoms with van der Waals surface area (Å²) in [5, 5.41) is 6.96. The molecule has 0 atom stereocenters. The summed E-state index contributed by atoms with van der Waals surface area (Å²) >= 11 is 0. The number of unbranched alkanes of at least 4 members (excludes halogenated alkanes) is 1. The minimum atomic E-state index is 0.413. The van der Waals surface area contributed by atoms with Gasteiger partial charge in [0.05, 0.1) is 0 Å². The van der Waals surface area contributed by atoms with Crippen molar-refractivity contribution in [2.45, 2.75) is 47.5 Å². The van der Waals surface area contributed by atoms with E-state index in [0.717, 1.165) is 32.1 Å². The molecule has 2 nitrogen and oxygen atoms in total. The standard InChI is InChI=1S/C13H30N2/c1-12(2)10-14-8-6-7-9-15-11-13(3,4)5/h12,14-15H,6-11H2,1-5H3. The molecule has 0 amide bonds. The molecule has 0 heterocycles. The van der Waals surface area contributed by atoms with Gasteiger partial charge in [-0.1, -0.05) is 34.6 Å². The van der Waals surface area contributed by atoms with Gasteiger partial charge in [0.25, 0.3) is 0 Å². The third-order valence-corrected chi connectivity index (χ3v) is 2.17. The van der Waals surface area contributed by atoms with Crippen LogP contribution in [0.4, 0.5) is 0 Å². The molecule has 0 fully saturated rings. The Hall–Kier alpha value is -0.0800. The summed E-state index contributed by atoms with van der Waals surface area (Å²) in [4.78, 5) is 0. The molecule has 0 radical (unpaired) electrons. The zero-order valence-corrected chi connectivity index (χ0v) is 11.3. The van der Waals surface area contributed by atoms with Crippen LogP contribution in [0.15, 0.2) is 0 Å². The van der Waals surface area contributed by atoms with Gasteiger partial charge in [-0.3, -0.25) is 0 Å². The number of hydrogen-bond acceptors (Lipinski definition) is 2. The van der Waals surface area contributed by atoms with Gasteiger partial charge >= 0.3 is 0 Å². The minimum absolute atomic E-state index is 0.413. The van der Waals surface area contributed by atoms with E-state index in [0.29, 0.717) is 5.41 Å². The zero-order valence-electron chi connectivity index (χ0n) is 11.3. The number of hydrogen-bond donors (Lipinski definition) is 2. The highest BCUT2D eigenvalue weighted by Gasteiger charge is 2.07. The first-order valence-electron chi connectivity index (χ1n) is 6.33. The van der Waals surface area contributed by atoms with Crippen LogP contribution in [0.1, 0.15) is 47.5 Å². The molecule has 0 bridgehead atoms. The molecule has 0 rings (SSSR count). The second-order valence-electron chi connectivity index (χ2n) is 6.04. The molecular formula is C13H30N2. The molecule has 2 heteroatoms. The van der Waals surface area contributed by atoms with Crippen molar-refractivity contribution in [3.63, 3.8) is 0 Å². The smallest absolute Gasteiger partial charge is 0.0000125 e. The highest BCUT2D eigenvalue weighted by molar-refractivity contribution is 4.64. The third kappa shape index (κ3) is 13.9. The van der Waals surface area contributed by atoms with E-state index in [4.69, 9.17) is 0 Å². The molecule has 2 N–H and O–H groups in total. The first-order chi connectivity index (χ1) is 6.92. The normalized spacial score (nSPS) is 12.4. The molecule has 0 unspecified atom stereocenters. The first-order valence-corrected chi connectivity index (χ1v) is 6.33. The quantitative estimate of drug-likeness (QED) is 0.607. The first kappa shape index (κ1) is 14.9. The van der Waals surface area contributed by atoms with Crippen LogP contribution in [0.5, 0.6) is 0 Å². The molecule has 0 aromatic rings. The summed E-state index contributed by atoms with van der Waals surface area (Å²) < 4.78 is 0. The van der Waals surface area contributed by atoms with E-state index in [2.05, 4.69) is 45.3 Å². The van der Waals surface area contributed by atoms with Crippen LogP contribution >= 0.6 is 0 Å². The topological polar surface area (TPSA) is 24.1 Å². The summed E-state index contributed by atoms with van der Waals surface area (Å²) in [6, 6.07) is 0. The lowest BCUT2D eigenvalue weighted by atomic mass is 9.97. The van der Waals surface area contributed by atoms with Gasteiger partial charge in [-0.2, -0.15) is 0 Å². The molecule has 0 aliphatic heterocycles. The van der Waals surface area contributed by atoms with Gasteiger partial charge in [0, 0.05) is 0 Å². The van der Waals surface area contributed by atoms with Crippen LogP contribution in [-0.2, 0) is 0 Å². The van der Waals surface area contributed by atoms with Crippen LogP contribution in [0, 0.1) is 11.3 Å². The maximum absolute atomic E-state index is 3.50. The fourth-order valence-electron chi connectivity index (χ4n) is 1.35. The van der Waals surface area contributed by atoms with Gasteiger partial charge in [-0.05, 0) is 50.4 Å². The SMILES string of the molecule is CC(C)CNCCCCNCC(C)(C)C. The van der Waals surface area contributed by atoms with E-state index >= 15 is 0 Å². The molecule has 0 spiro atoms. The molecular weight excluding hydrogens is 184 g/mol. The van der Waals surface area contributed by atoms with Crippen LogP contribution in [0.3, 0.4) is 0 Å². The van der Waals surface area contributed by atoms with Crippen molar-refractivity contribution in [2.24, 2.45) is 11.3 Å². The molecule has 0 aliphatic rings. The molecule has 0 aromatic carbocycles. The Labute approximate surface area is 96.2 Å². The fraction of sp³-hybridized carbons (Fsp3) is 1.00. The Morgan fingerprint density at radius 2 is 1.47 bits per heavy atom. The second kappa shape index (κ2) is 8.12. The minimum Gasteiger partial charge on any atom is -0.316 e. The van der Waals surface area contributed by atoms with Crippen LogP contribution < -0.4 is 10.6 Å². The predicted octanol–water partition coefficient (Wildman–Crippen LogP) is 2.65. The largest absolute Gasteiger partial charge is 0.316 e. The van der Waals surface area contributed by atoms with Gasteiger partial charge in [-0.15, -0.1) is 0 Å². The van der Waals surface area contributed by atoms with Crippen LogP contribution in [0.25, 0.3) is 0 Å². The van der Waals surface area contributed by atoms with Gasteiger partial charge in [0.2, 0.25) is 0 Å². The van der Waals surface area contributed by atoms with Gasteiger partial charge in [0.15, 0.2) is 0 Å². The van der Waals surface area contributed by atoms with Crippen molar-refractivity contribution in [2.75, 3.05) is 26.2 Å². The summed E-state index contributed by atoms with van der Waals surface area (Å²) in [5.74, 6) is 0.768. The highest BCUT2D eigenvalue weighted by Crippen LogP contribution is 2.09. The maximum atomic E-state index is 3.50. The monoisotopic (exact) mass is 214 g/mol. The average molecular weight is 214 g/mol. The van der Waals surface area contributed by atoms with Crippen molar-refractivity contribution >= 4 is 0 Å². The van der Waals surface area contributed by atoms with Gasteiger partial charge in [0.1, 0.15) is 0 Å². The number of rotatable bonds is 8. The van der Waals surface area contributed by atoms with Crippen LogP contribution in [0.2, 0.25) is 0 Å². The Bertz CT molecular complexity index is 136. The van der Waals surface area contributed by atoms with E-state index in [-0.39, 0.29) is 0 Å². The fourth-order valence-corrected chi connectivity index (χ4v) is 1.35. The summed E-state index contributed by atoms with van der Waals surface area (Å²) in [6.45, 7) is 15.9. The lowest BCUT2D eigenvalue weighted by Crippen LogP contribution is -2.28. The lowest BCUT2D eigenvalue weighted by Gasteiger charge is -2.18. The van der Waals surface area contributed by atoms with Crippen molar-refractivity contribution in [3.05, 3.63) is 0 Å².